The van der Waals surface area contributed by atoms with Crippen molar-refractivity contribution in [3.63, 3.8) is 0 Å². The second kappa shape index (κ2) is 6.81. The summed E-state index contributed by atoms with van der Waals surface area (Å²) in [6, 6.07) is 0. The second-order valence-electron chi connectivity index (χ2n) is 10.5. The topological polar surface area (TPSA) is 60.4 Å². The van der Waals surface area contributed by atoms with Gasteiger partial charge in [-0.25, -0.2) is 0 Å². The predicted molar refractivity (Wildman–Crippen MR) is 106 cm³/mol. The average Bonchev–Trinajstić information content (AvgIpc) is 2.90. The third-order valence-electron chi connectivity index (χ3n) is 9.25. The molecule has 0 aliphatic heterocycles. The number of allylic oxidation sites excluding steroid dienone is 1. The SMILES string of the molecule is CC(=O)O/C=C1/CC2C3CCC4CC(C(C)=O)CCC4(C)C3CCC2(C)C1=O. The van der Waals surface area contributed by atoms with Gasteiger partial charge in [-0.3, -0.25) is 14.4 Å². The van der Waals surface area contributed by atoms with Gasteiger partial charge in [0.05, 0.1) is 0 Å². The lowest BCUT2D eigenvalue weighted by Crippen LogP contribution is -2.53. The molecule has 4 saturated carbocycles. The van der Waals surface area contributed by atoms with Crippen LogP contribution in [0.3, 0.4) is 0 Å². The summed E-state index contributed by atoms with van der Waals surface area (Å²) in [4.78, 5) is 36.3. The highest BCUT2D eigenvalue weighted by Crippen LogP contribution is 2.66. The van der Waals surface area contributed by atoms with Crippen molar-refractivity contribution in [2.75, 3.05) is 0 Å². The van der Waals surface area contributed by atoms with Crippen molar-refractivity contribution in [3.8, 4) is 0 Å². The molecule has 0 radical (unpaired) electrons. The standard InChI is InChI=1S/C24H34O4/c1-14(25)16-7-9-23(3)18(11-16)5-6-19-20(23)8-10-24(4)21(19)12-17(22(24)27)13-28-15(2)26/h13,16,18-21H,5-12H2,1-4H3/b17-13-. The first kappa shape index (κ1) is 19.8. The van der Waals surface area contributed by atoms with E-state index in [0.29, 0.717) is 40.4 Å². The van der Waals surface area contributed by atoms with Crippen LogP contribution in [0.1, 0.15) is 79.1 Å². The summed E-state index contributed by atoms with van der Waals surface area (Å²) in [5, 5.41) is 0. The summed E-state index contributed by atoms with van der Waals surface area (Å²) in [5.74, 6) is 2.69. The summed E-state index contributed by atoms with van der Waals surface area (Å²) >= 11 is 0. The van der Waals surface area contributed by atoms with E-state index < -0.39 is 0 Å². The molecule has 7 atom stereocenters. The molecule has 154 valence electrons. The first-order valence-electron chi connectivity index (χ1n) is 11.1. The molecular formula is C24H34O4. The van der Waals surface area contributed by atoms with Crippen LogP contribution in [0.15, 0.2) is 11.8 Å². The van der Waals surface area contributed by atoms with Crippen molar-refractivity contribution in [2.24, 2.45) is 40.4 Å². The highest BCUT2D eigenvalue weighted by Gasteiger charge is 2.61. The molecule has 0 amide bonds. The molecule has 0 saturated heterocycles. The minimum Gasteiger partial charge on any atom is -0.434 e. The van der Waals surface area contributed by atoms with Gasteiger partial charge in [-0.15, -0.1) is 0 Å². The Bertz CT molecular complexity index is 737. The number of Topliss-reactive ketones (excluding diaryl/α,β-unsaturated/α-hetero) is 2. The Balaban J connectivity index is 1.58. The van der Waals surface area contributed by atoms with Gasteiger partial charge in [0, 0.05) is 23.8 Å². The summed E-state index contributed by atoms with van der Waals surface area (Å²) in [7, 11) is 0. The quantitative estimate of drug-likeness (QED) is 0.386. The number of ether oxygens (including phenoxy) is 1. The summed E-state index contributed by atoms with van der Waals surface area (Å²) in [5.41, 5.74) is 0.713. The minimum absolute atomic E-state index is 0.199. The summed E-state index contributed by atoms with van der Waals surface area (Å²) in [6.45, 7) is 7.75. The van der Waals surface area contributed by atoms with Crippen molar-refractivity contribution in [1.29, 1.82) is 0 Å². The molecule has 4 fully saturated rings. The zero-order valence-electron chi connectivity index (χ0n) is 17.8. The van der Waals surface area contributed by atoms with Crippen molar-refractivity contribution < 1.29 is 19.1 Å². The highest BCUT2D eigenvalue weighted by molar-refractivity contribution is 6.02. The average molecular weight is 387 g/mol. The van der Waals surface area contributed by atoms with Crippen LogP contribution < -0.4 is 0 Å². The first-order valence-corrected chi connectivity index (χ1v) is 11.1. The smallest absolute Gasteiger partial charge is 0.307 e. The number of carbonyl (C=O) groups excluding carboxylic acids is 3. The molecule has 4 aliphatic rings. The Morgan fingerprint density at radius 3 is 2.46 bits per heavy atom. The Kier molecular flexibility index (Phi) is 4.83. The van der Waals surface area contributed by atoms with Crippen LogP contribution in [-0.2, 0) is 19.1 Å². The second-order valence-corrected chi connectivity index (χ2v) is 10.5. The molecule has 28 heavy (non-hydrogen) atoms. The Hall–Kier alpha value is -1.45. The lowest BCUT2D eigenvalue weighted by molar-refractivity contribution is -0.142. The normalized spacial score (nSPS) is 46.5. The van der Waals surface area contributed by atoms with Crippen LogP contribution in [0.4, 0.5) is 0 Å². The van der Waals surface area contributed by atoms with Crippen molar-refractivity contribution in [2.45, 2.75) is 79.1 Å². The molecule has 0 N–H and O–H groups in total. The van der Waals surface area contributed by atoms with Crippen molar-refractivity contribution in [1.82, 2.24) is 0 Å². The molecule has 4 aliphatic carbocycles. The lowest BCUT2D eigenvalue weighted by atomic mass is 9.44. The van der Waals surface area contributed by atoms with E-state index in [2.05, 4.69) is 13.8 Å². The largest absolute Gasteiger partial charge is 0.434 e. The van der Waals surface area contributed by atoms with Gasteiger partial charge in [0.15, 0.2) is 5.78 Å². The molecular weight excluding hydrogens is 352 g/mol. The number of fused-ring (bicyclic) bond motifs is 5. The maximum Gasteiger partial charge on any atom is 0.307 e. The predicted octanol–water partition coefficient (Wildman–Crippen LogP) is 4.86. The number of esters is 1. The summed E-state index contributed by atoms with van der Waals surface area (Å²) < 4.78 is 5.07. The zero-order chi connectivity index (χ0) is 20.3. The van der Waals surface area contributed by atoms with E-state index in [1.165, 1.54) is 26.0 Å². The molecule has 7 unspecified atom stereocenters. The number of hydrogen-bond acceptors (Lipinski definition) is 4. The fourth-order valence-electron chi connectivity index (χ4n) is 7.56. The first-order chi connectivity index (χ1) is 13.2. The van der Waals surface area contributed by atoms with Gasteiger partial charge in [-0.05, 0) is 87.4 Å². The monoisotopic (exact) mass is 386 g/mol. The molecule has 0 spiro atoms. The van der Waals surface area contributed by atoms with Gasteiger partial charge < -0.3 is 4.74 Å². The van der Waals surface area contributed by atoms with E-state index in [-0.39, 0.29) is 23.1 Å². The number of carbonyl (C=O) groups is 3. The molecule has 4 rings (SSSR count). The molecule has 0 aromatic heterocycles. The number of ketones is 2. The van der Waals surface area contributed by atoms with E-state index in [9.17, 15) is 14.4 Å². The molecule has 0 bridgehead atoms. The number of hydrogen-bond donors (Lipinski definition) is 0. The van der Waals surface area contributed by atoms with Crippen LogP contribution in [0, 0.1) is 40.4 Å². The van der Waals surface area contributed by atoms with Crippen LogP contribution in [0.25, 0.3) is 0 Å². The summed E-state index contributed by atoms with van der Waals surface area (Å²) in [6.07, 6.45) is 9.83. The third kappa shape index (κ3) is 2.90. The van der Waals surface area contributed by atoms with Gasteiger partial charge in [0.2, 0.25) is 0 Å². The fourth-order valence-corrected chi connectivity index (χ4v) is 7.56. The molecule has 0 heterocycles. The van der Waals surface area contributed by atoms with Crippen molar-refractivity contribution in [3.05, 3.63) is 11.8 Å². The van der Waals surface area contributed by atoms with Gasteiger partial charge in [-0.2, -0.15) is 0 Å². The van der Waals surface area contributed by atoms with Gasteiger partial charge in [0.25, 0.3) is 0 Å². The van der Waals surface area contributed by atoms with Crippen LogP contribution >= 0.6 is 0 Å². The molecule has 4 heteroatoms. The molecule has 0 aromatic rings. The lowest BCUT2D eigenvalue weighted by Gasteiger charge is -2.60. The maximum absolute atomic E-state index is 13.1. The van der Waals surface area contributed by atoms with E-state index >= 15 is 0 Å². The third-order valence-corrected chi connectivity index (χ3v) is 9.25. The Morgan fingerprint density at radius 2 is 1.79 bits per heavy atom. The molecule has 4 nitrogen and oxygen atoms in total. The van der Waals surface area contributed by atoms with Crippen LogP contribution in [0.2, 0.25) is 0 Å². The Labute approximate surface area is 168 Å². The van der Waals surface area contributed by atoms with E-state index in [4.69, 9.17) is 4.74 Å². The molecule has 0 aromatic carbocycles. The zero-order valence-corrected chi connectivity index (χ0v) is 17.8. The maximum atomic E-state index is 13.1. The minimum atomic E-state index is -0.367. The van der Waals surface area contributed by atoms with Gasteiger partial charge >= 0.3 is 5.97 Å². The fraction of sp³-hybridized carbons (Fsp3) is 0.792. The van der Waals surface area contributed by atoms with Crippen LogP contribution in [0.5, 0.6) is 0 Å². The van der Waals surface area contributed by atoms with Crippen LogP contribution in [-0.4, -0.2) is 17.5 Å². The number of rotatable bonds is 2. The van der Waals surface area contributed by atoms with Gasteiger partial charge in [0.1, 0.15) is 12.0 Å². The highest BCUT2D eigenvalue weighted by atomic mass is 16.5. The van der Waals surface area contributed by atoms with Crippen molar-refractivity contribution >= 4 is 17.5 Å². The van der Waals surface area contributed by atoms with Gasteiger partial charge in [-0.1, -0.05) is 13.8 Å². The Morgan fingerprint density at radius 1 is 1.04 bits per heavy atom. The van der Waals surface area contributed by atoms with E-state index in [1.54, 1.807) is 6.92 Å². The van der Waals surface area contributed by atoms with E-state index in [0.717, 1.165) is 38.5 Å². The van der Waals surface area contributed by atoms with E-state index in [1.807, 2.05) is 0 Å².